The molecule has 1 aromatic carbocycles. The fourth-order valence-electron chi connectivity index (χ4n) is 2.94. The number of carbonyl (C=O) groups is 2. The van der Waals surface area contributed by atoms with Gasteiger partial charge in [-0.1, -0.05) is 19.4 Å². The molecule has 0 saturated heterocycles. The second kappa shape index (κ2) is 10.6. The van der Waals surface area contributed by atoms with E-state index in [0.717, 1.165) is 42.7 Å². The van der Waals surface area contributed by atoms with Crippen LogP contribution in [-0.4, -0.2) is 26.5 Å². The largest absolute Gasteiger partial charge is 0.416 e. The lowest BCUT2D eigenvalue weighted by atomic mass is 10.2. The molecule has 8 nitrogen and oxygen atoms in total. The number of halogens is 3. The monoisotopic (exact) mass is 460 g/mol. The minimum absolute atomic E-state index is 0.136. The summed E-state index contributed by atoms with van der Waals surface area (Å²) < 4.78 is 39.7. The average molecular weight is 460 g/mol. The van der Waals surface area contributed by atoms with Gasteiger partial charge in [0.1, 0.15) is 0 Å². The Morgan fingerprint density at radius 1 is 1.09 bits per heavy atom. The molecule has 0 aliphatic carbocycles. The number of hydrogen-bond donors (Lipinski definition) is 3. The first-order chi connectivity index (χ1) is 15.8. The average Bonchev–Trinajstić information content (AvgIpc) is 3.18. The van der Waals surface area contributed by atoms with Gasteiger partial charge in [-0.2, -0.15) is 13.2 Å². The highest BCUT2D eigenvalue weighted by molar-refractivity contribution is 5.99. The Morgan fingerprint density at radius 2 is 1.85 bits per heavy atom. The molecular formula is C22H23F3N6O2. The van der Waals surface area contributed by atoms with Gasteiger partial charge < -0.3 is 15.2 Å². The number of anilines is 2. The van der Waals surface area contributed by atoms with Crippen molar-refractivity contribution < 1.29 is 22.8 Å². The van der Waals surface area contributed by atoms with E-state index in [1.54, 1.807) is 29.2 Å². The molecule has 3 amide bonds. The molecule has 0 bridgehead atoms. The molecule has 2 aromatic heterocycles. The number of aryl methyl sites for hydroxylation is 1. The molecule has 3 N–H and O–H groups in total. The normalized spacial score (nSPS) is 11.2. The lowest BCUT2D eigenvalue weighted by Crippen LogP contribution is -2.26. The quantitative estimate of drug-likeness (QED) is 0.455. The summed E-state index contributed by atoms with van der Waals surface area (Å²) >= 11 is 0. The summed E-state index contributed by atoms with van der Waals surface area (Å²) in [6.07, 6.45) is 2.06. The zero-order chi connectivity index (χ0) is 23.8. The van der Waals surface area contributed by atoms with E-state index in [1.807, 2.05) is 13.0 Å². The Kier molecular flexibility index (Phi) is 7.65. The molecule has 3 aromatic rings. The molecule has 0 unspecified atom stereocenters. The highest BCUT2D eigenvalue weighted by Crippen LogP contribution is 2.29. The van der Waals surface area contributed by atoms with Crippen LogP contribution in [-0.2, 0) is 19.3 Å². The van der Waals surface area contributed by atoms with Crippen LogP contribution < -0.4 is 16.0 Å². The number of aromatic nitrogens is 3. The fourth-order valence-corrected chi connectivity index (χ4v) is 2.94. The zero-order valence-corrected chi connectivity index (χ0v) is 17.8. The summed E-state index contributed by atoms with van der Waals surface area (Å²) in [4.78, 5) is 33.2. The van der Waals surface area contributed by atoms with Crippen molar-refractivity contribution in [2.24, 2.45) is 0 Å². The van der Waals surface area contributed by atoms with E-state index in [-0.39, 0.29) is 23.9 Å². The number of urea groups is 1. The van der Waals surface area contributed by atoms with Crippen molar-refractivity contribution in [3.63, 3.8) is 0 Å². The molecule has 0 fully saturated rings. The van der Waals surface area contributed by atoms with Gasteiger partial charge in [-0.3, -0.25) is 15.1 Å². The summed E-state index contributed by atoms with van der Waals surface area (Å²) in [5.41, 5.74) is 0.192. The number of rotatable bonds is 8. The van der Waals surface area contributed by atoms with Crippen molar-refractivity contribution in [1.29, 1.82) is 0 Å². The lowest BCUT2D eigenvalue weighted by molar-refractivity contribution is -0.137. The van der Waals surface area contributed by atoms with Gasteiger partial charge in [-0.15, -0.1) is 0 Å². The van der Waals surface area contributed by atoms with Crippen molar-refractivity contribution in [3.05, 3.63) is 71.9 Å². The number of nitrogens with one attached hydrogen (secondary N) is 3. The number of nitrogens with zero attached hydrogens (tertiary/aromatic N) is 3. The summed E-state index contributed by atoms with van der Waals surface area (Å²) in [6, 6.07) is 6.95. The summed E-state index contributed by atoms with van der Waals surface area (Å²) in [5.74, 6) is -0.134. The number of unbranched alkanes of at least 4 members (excludes halogenated alkanes) is 1. The molecule has 0 radical (unpaired) electrons. The van der Waals surface area contributed by atoms with Crippen molar-refractivity contribution in [2.45, 2.75) is 39.0 Å². The highest BCUT2D eigenvalue weighted by Gasteiger charge is 2.30. The molecule has 11 heteroatoms. The van der Waals surface area contributed by atoms with E-state index in [0.29, 0.717) is 6.54 Å². The SMILES string of the molecule is CCCCn1cc(NC(=O)Nc2ccc(C(F)(F)F)cc2)nc1C(=O)NCc1cccnc1. The molecule has 3 rings (SSSR count). The third-order valence-corrected chi connectivity index (χ3v) is 4.62. The maximum Gasteiger partial charge on any atom is 0.416 e. The van der Waals surface area contributed by atoms with Gasteiger partial charge in [-0.25, -0.2) is 9.78 Å². The second-order valence-corrected chi connectivity index (χ2v) is 7.19. The molecule has 0 aliphatic rings. The van der Waals surface area contributed by atoms with E-state index in [4.69, 9.17) is 0 Å². The van der Waals surface area contributed by atoms with Crippen LogP contribution in [0.25, 0.3) is 0 Å². The number of pyridine rings is 1. The highest BCUT2D eigenvalue weighted by atomic mass is 19.4. The maximum absolute atomic E-state index is 12.7. The Balaban J connectivity index is 1.66. The molecule has 0 atom stereocenters. The van der Waals surface area contributed by atoms with Gasteiger partial charge in [-0.05, 0) is 42.3 Å². The van der Waals surface area contributed by atoms with Gasteiger partial charge >= 0.3 is 12.2 Å². The first-order valence-electron chi connectivity index (χ1n) is 10.3. The van der Waals surface area contributed by atoms with E-state index in [9.17, 15) is 22.8 Å². The molecule has 0 spiro atoms. The first kappa shape index (κ1) is 23.8. The standard InChI is InChI=1S/C22H23F3N6O2/c1-2-3-11-31-14-18(29-19(31)20(32)27-13-15-5-4-10-26-12-15)30-21(33)28-17-8-6-16(7-9-17)22(23,24)25/h4-10,12,14H,2-3,11,13H2,1H3,(H,27,32)(H2,28,30,33). The smallest absolute Gasteiger partial charge is 0.345 e. The van der Waals surface area contributed by atoms with Crippen LogP contribution >= 0.6 is 0 Å². The van der Waals surface area contributed by atoms with Gasteiger partial charge in [0.15, 0.2) is 5.82 Å². The van der Waals surface area contributed by atoms with Crippen molar-refractivity contribution in [2.75, 3.05) is 10.6 Å². The van der Waals surface area contributed by atoms with E-state index >= 15 is 0 Å². The minimum atomic E-state index is -4.46. The molecule has 174 valence electrons. The number of imidazole rings is 1. The summed E-state index contributed by atoms with van der Waals surface area (Å²) in [5, 5.41) is 7.72. The maximum atomic E-state index is 12.7. The number of amides is 3. The topological polar surface area (TPSA) is 101 Å². The molecule has 33 heavy (non-hydrogen) atoms. The number of benzene rings is 1. The van der Waals surface area contributed by atoms with Crippen molar-refractivity contribution in [1.82, 2.24) is 19.9 Å². The van der Waals surface area contributed by atoms with E-state index in [2.05, 4.69) is 25.9 Å². The second-order valence-electron chi connectivity index (χ2n) is 7.19. The van der Waals surface area contributed by atoms with Gasteiger partial charge in [0.2, 0.25) is 5.82 Å². The third kappa shape index (κ3) is 6.79. The molecular weight excluding hydrogens is 437 g/mol. The lowest BCUT2D eigenvalue weighted by Gasteiger charge is -2.09. The molecule has 2 heterocycles. The van der Waals surface area contributed by atoms with Crippen LogP contribution in [0.2, 0.25) is 0 Å². The van der Waals surface area contributed by atoms with Crippen LogP contribution in [0.15, 0.2) is 55.0 Å². The number of alkyl halides is 3. The third-order valence-electron chi connectivity index (χ3n) is 4.62. The molecule has 0 aliphatic heterocycles. The van der Waals surface area contributed by atoms with Gasteiger partial charge in [0.05, 0.1) is 5.56 Å². The van der Waals surface area contributed by atoms with Gasteiger partial charge in [0, 0.05) is 37.4 Å². The van der Waals surface area contributed by atoms with Crippen LogP contribution in [0.5, 0.6) is 0 Å². The van der Waals surface area contributed by atoms with Gasteiger partial charge in [0.25, 0.3) is 5.91 Å². The Hall–Kier alpha value is -3.89. The van der Waals surface area contributed by atoms with Crippen molar-refractivity contribution >= 4 is 23.4 Å². The van der Waals surface area contributed by atoms with Crippen LogP contribution in [0.3, 0.4) is 0 Å². The fraction of sp³-hybridized carbons (Fsp3) is 0.273. The first-order valence-corrected chi connectivity index (χ1v) is 10.3. The number of carbonyl (C=O) groups excluding carboxylic acids is 2. The van der Waals surface area contributed by atoms with Crippen LogP contribution in [0, 0.1) is 0 Å². The van der Waals surface area contributed by atoms with Crippen LogP contribution in [0.1, 0.15) is 41.5 Å². The van der Waals surface area contributed by atoms with E-state index in [1.165, 1.54) is 0 Å². The van der Waals surface area contributed by atoms with Crippen LogP contribution in [0.4, 0.5) is 29.5 Å². The Morgan fingerprint density at radius 3 is 2.48 bits per heavy atom. The summed E-state index contributed by atoms with van der Waals surface area (Å²) in [6.45, 7) is 2.81. The minimum Gasteiger partial charge on any atom is -0.345 e. The number of hydrogen-bond acceptors (Lipinski definition) is 4. The summed E-state index contributed by atoms with van der Waals surface area (Å²) in [7, 11) is 0. The zero-order valence-electron chi connectivity index (χ0n) is 17.8. The predicted molar refractivity (Wildman–Crippen MR) is 117 cm³/mol. The van der Waals surface area contributed by atoms with Crippen molar-refractivity contribution in [3.8, 4) is 0 Å². The Bertz CT molecular complexity index is 1080. The van der Waals surface area contributed by atoms with E-state index < -0.39 is 23.7 Å². The predicted octanol–water partition coefficient (Wildman–Crippen LogP) is 4.67. The Labute approximate surface area is 188 Å². The molecule has 0 saturated carbocycles.